The first-order chi connectivity index (χ1) is 18.2. The predicted molar refractivity (Wildman–Crippen MR) is 156 cm³/mol. The van der Waals surface area contributed by atoms with E-state index in [4.69, 9.17) is 0 Å². The maximum atomic E-state index is 2.59. The Bertz CT molecular complexity index is 1160. The molecule has 4 aliphatic rings. The number of allylic oxidation sites excluding steroid dienone is 8. The number of benzene rings is 2. The third-order valence-corrected chi connectivity index (χ3v) is 17.9. The summed E-state index contributed by atoms with van der Waals surface area (Å²) in [5.74, 6) is 1.52. The van der Waals surface area contributed by atoms with Crippen molar-refractivity contribution >= 4 is 7.74 Å². The van der Waals surface area contributed by atoms with E-state index in [9.17, 15) is 0 Å². The molecule has 2 saturated carbocycles. The Labute approximate surface area is 229 Å². The molecule has 2 fully saturated rings. The summed E-state index contributed by atoms with van der Waals surface area (Å²) < 4.78 is 7.08. The molecule has 0 unspecified atom stereocenters. The van der Waals surface area contributed by atoms with E-state index in [0.717, 1.165) is 24.7 Å². The quantitative estimate of drug-likeness (QED) is 0.331. The van der Waals surface area contributed by atoms with E-state index < -0.39 is 16.6 Å². The molecule has 4 aliphatic carbocycles. The van der Waals surface area contributed by atoms with Gasteiger partial charge in [0, 0.05) is 0 Å². The molecule has 2 aromatic rings. The number of rotatable bonds is 6. The fourth-order valence-electron chi connectivity index (χ4n) is 8.18. The Morgan fingerprint density at radius 3 is 1.41 bits per heavy atom. The van der Waals surface area contributed by atoms with Crippen LogP contribution in [0.25, 0.3) is 0 Å². The molecule has 0 radical (unpaired) electrons. The third kappa shape index (κ3) is 4.74. The van der Waals surface area contributed by atoms with E-state index in [1.165, 1.54) is 75.3 Å². The summed E-state index contributed by atoms with van der Waals surface area (Å²) in [6.45, 7) is 4.61. The summed E-state index contributed by atoms with van der Waals surface area (Å²) in [6, 6.07) is 19.6. The van der Waals surface area contributed by atoms with Crippen LogP contribution < -0.4 is 7.74 Å². The molecule has 1 heteroatoms. The molecule has 0 N–H and O–H groups in total. The van der Waals surface area contributed by atoms with E-state index >= 15 is 0 Å². The Kier molecular flexibility index (Phi) is 7.60. The second-order valence-electron chi connectivity index (χ2n) is 12.2. The van der Waals surface area contributed by atoms with Crippen molar-refractivity contribution < 1.29 is 16.6 Å². The van der Waals surface area contributed by atoms with Crippen LogP contribution in [-0.4, -0.2) is 0 Å². The van der Waals surface area contributed by atoms with Gasteiger partial charge in [0.15, 0.2) is 0 Å². The van der Waals surface area contributed by atoms with Crippen LogP contribution in [0.2, 0.25) is 0 Å². The average molecular weight is 525 g/mol. The van der Waals surface area contributed by atoms with Gasteiger partial charge in [-0.3, -0.25) is 0 Å². The fraction of sp³-hybridized carbons (Fsp3) is 0.444. The Morgan fingerprint density at radius 1 is 0.568 bits per heavy atom. The summed E-state index contributed by atoms with van der Waals surface area (Å²) in [7, 11) is 0. The molecule has 6 rings (SSSR count). The van der Waals surface area contributed by atoms with Gasteiger partial charge >= 0.3 is 230 Å². The van der Waals surface area contributed by atoms with Crippen molar-refractivity contribution in [1.29, 1.82) is 0 Å². The minimum atomic E-state index is -3.18. The van der Waals surface area contributed by atoms with Gasteiger partial charge in [-0.25, -0.2) is 0 Å². The molecule has 0 heterocycles. The first kappa shape index (κ1) is 25.4. The Balaban J connectivity index is 1.67. The zero-order valence-electron chi connectivity index (χ0n) is 23.1. The van der Waals surface area contributed by atoms with Crippen molar-refractivity contribution in [3.05, 3.63) is 103 Å². The van der Waals surface area contributed by atoms with Crippen molar-refractivity contribution in [2.45, 2.75) is 90.9 Å². The maximum absolute atomic E-state index is 3.18. The van der Waals surface area contributed by atoms with E-state index in [2.05, 4.69) is 86.7 Å². The molecule has 0 nitrogen and oxygen atoms in total. The van der Waals surface area contributed by atoms with Gasteiger partial charge < -0.3 is 0 Å². The topological polar surface area (TPSA) is 0 Å². The molecule has 0 atom stereocenters. The second kappa shape index (κ2) is 11.1. The van der Waals surface area contributed by atoms with Gasteiger partial charge in [0.2, 0.25) is 0 Å². The number of hydrogen-bond donors (Lipinski definition) is 0. The van der Waals surface area contributed by atoms with E-state index in [1.807, 2.05) is 7.76 Å². The monoisotopic (exact) mass is 524 g/mol. The molecular weight excluding hydrogens is 480 g/mol. The minimum absolute atomic E-state index is 0.759. The van der Waals surface area contributed by atoms with Crippen LogP contribution in [0.5, 0.6) is 0 Å². The van der Waals surface area contributed by atoms with Crippen molar-refractivity contribution in [1.82, 2.24) is 0 Å². The van der Waals surface area contributed by atoms with E-state index in [1.54, 1.807) is 18.9 Å². The molecule has 2 aromatic carbocycles. The van der Waals surface area contributed by atoms with Gasteiger partial charge in [0.05, 0.1) is 0 Å². The fourth-order valence-corrected chi connectivity index (χ4v) is 17.5. The predicted octanol–water partition coefficient (Wildman–Crippen LogP) is 9.00. The normalized spacial score (nSPS) is 21.5. The molecule has 0 spiro atoms. The van der Waals surface area contributed by atoms with Gasteiger partial charge in [-0.05, 0) is 0 Å². The Hall–Kier alpha value is -1.89. The summed E-state index contributed by atoms with van der Waals surface area (Å²) >= 11 is -3.18. The number of aryl methyl sites for hydroxylation is 2. The first-order valence-corrected chi connectivity index (χ1v) is 18.2. The first-order valence-electron chi connectivity index (χ1n) is 15.1. The Morgan fingerprint density at radius 2 is 1.00 bits per heavy atom. The van der Waals surface area contributed by atoms with Crippen LogP contribution in [0.3, 0.4) is 0 Å². The standard InChI is InChI=1S/2C11H15.2C7H7.Ti/c2*1-2-6-10(7-3-1)11-8-4-5-9-11;2*1-7-5-3-2-4-6-7;/h2*4,8,10H,1-3,5-7H2;2*2-3,5-6H,1H3;. The summed E-state index contributed by atoms with van der Waals surface area (Å²) in [4.78, 5) is 0. The zero-order valence-corrected chi connectivity index (χ0v) is 24.6. The average Bonchev–Trinajstić information content (AvgIpc) is 3.62. The van der Waals surface area contributed by atoms with Crippen LogP contribution >= 0.6 is 0 Å². The van der Waals surface area contributed by atoms with Crippen LogP contribution in [-0.2, 0) is 16.6 Å². The molecule has 0 bridgehead atoms. The molecule has 0 aliphatic heterocycles. The summed E-state index contributed by atoms with van der Waals surface area (Å²) in [6.07, 6.45) is 26.6. The molecule has 0 aromatic heterocycles. The molecular formula is C36H44Ti. The SMILES string of the molecule is Cc1ccc[c]([Ti]([C]2=C(C3CCCCC3)C=CC2)([C]2=C(C3CCCCC3)C=CC2)[c]2cccc(C)c2)c1. The van der Waals surface area contributed by atoms with Gasteiger partial charge in [0.25, 0.3) is 0 Å². The van der Waals surface area contributed by atoms with Crippen molar-refractivity contribution in [3.8, 4) is 0 Å². The van der Waals surface area contributed by atoms with Crippen molar-refractivity contribution in [2.24, 2.45) is 11.8 Å². The van der Waals surface area contributed by atoms with Crippen LogP contribution in [0.1, 0.15) is 88.2 Å². The molecule has 37 heavy (non-hydrogen) atoms. The number of hydrogen-bond acceptors (Lipinski definition) is 0. The van der Waals surface area contributed by atoms with Gasteiger partial charge in [-0.1, -0.05) is 0 Å². The van der Waals surface area contributed by atoms with Gasteiger partial charge in [0.1, 0.15) is 0 Å². The van der Waals surface area contributed by atoms with Crippen molar-refractivity contribution in [2.75, 3.05) is 0 Å². The third-order valence-electron chi connectivity index (χ3n) is 9.83. The van der Waals surface area contributed by atoms with Crippen LogP contribution in [0.4, 0.5) is 0 Å². The van der Waals surface area contributed by atoms with Crippen LogP contribution in [0, 0.1) is 25.7 Å². The molecule has 192 valence electrons. The van der Waals surface area contributed by atoms with E-state index in [-0.39, 0.29) is 0 Å². The van der Waals surface area contributed by atoms with E-state index in [0.29, 0.717) is 0 Å². The van der Waals surface area contributed by atoms with Crippen LogP contribution in [0.15, 0.2) is 91.7 Å². The van der Waals surface area contributed by atoms with Gasteiger partial charge in [-0.15, -0.1) is 0 Å². The molecule has 0 amide bonds. The van der Waals surface area contributed by atoms with Gasteiger partial charge in [-0.2, -0.15) is 0 Å². The molecule has 0 saturated heterocycles. The van der Waals surface area contributed by atoms with Crippen molar-refractivity contribution in [3.63, 3.8) is 0 Å². The second-order valence-corrected chi connectivity index (χ2v) is 18.3. The summed E-state index contributed by atoms with van der Waals surface area (Å²) in [5, 5.41) is 0. The summed E-state index contributed by atoms with van der Waals surface area (Å²) in [5.41, 5.74) is 6.34. The zero-order chi connectivity index (χ0) is 25.2.